The van der Waals surface area contributed by atoms with Crippen molar-refractivity contribution in [2.45, 2.75) is 12.5 Å². The molecule has 130 valence electrons. The number of nitrogens with zero attached hydrogens (tertiary/aromatic N) is 3. The van der Waals surface area contributed by atoms with Crippen LogP contribution >= 0.6 is 0 Å². The summed E-state index contributed by atoms with van der Waals surface area (Å²) in [6.45, 7) is 2.06. The van der Waals surface area contributed by atoms with E-state index in [-0.39, 0.29) is 6.10 Å². The van der Waals surface area contributed by atoms with Gasteiger partial charge in [0.15, 0.2) is 0 Å². The van der Waals surface area contributed by atoms with E-state index in [1.807, 2.05) is 24.3 Å². The number of pyridine rings is 1. The van der Waals surface area contributed by atoms with E-state index in [9.17, 15) is 5.26 Å². The lowest BCUT2D eigenvalue weighted by molar-refractivity contribution is 0.0410. The van der Waals surface area contributed by atoms with Crippen molar-refractivity contribution in [1.82, 2.24) is 4.98 Å². The van der Waals surface area contributed by atoms with Crippen LogP contribution in [-0.2, 0) is 11.2 Å². The monoisotopic (exact) mass is 339 g/mol. The van der Waals surface area contributed by atoms with Crippen LogP contribution in [0.1, 0.15) is 11.1 Å². The van der Waals surface area contributed by atoms with Crippen LogP contribution in [0.25, 0.3) is 0 Å². The molecule has 0 saturated carbocycles. The maximum Gasteiger partial charge on any atom is 0.233 e. The number of ether oxygens (including phenoxy) is 3. The molecular weight excluding hydrogens is 318 g/mol. The van der Waals surface area contributed by atoms with Crippen LogP contribution in [0.4, 0.5) is 5.69 Å². The zero-order valence-electron chi connectivity index (χ0n) is 14.4. The quantitative estimate of drug-likeness (QED) is 0.833. The van der Waals surface area contributed by atoms with E-state index in [0.29, 0.717) is 24.6 Å². The van der Waals surface area contributed by atoms with E-state index in [2.05, 4.69) is 22.0 Å². The molecule has 0 N–H and O–H groups in total. The number of benzene rings is 1. The van der Waals surface area contributed by atoms with E-state index < -0.39 is 0 Å². The largest absolute Gasteiger partial charge is 0.497 e. The Morgan fingerprint density at radius 2 is 2.20 bits per heavy atom. The molecule has 2 aromatic rings. The Labute approximate surface area is 147 Å². The molecule has 1 aliphatic rings. The van der Waals surface area contributed by atoms with Crippen LogP contribution in [-0.4, -0.2) is 45.0 Å². The minimum absolute atomic E-state index is 0.0477. The third-order valence-corrected chi connectivity index (χ3v) is 4.28. The van der Waals surface area contributed by atoms with E-state index >= 15 is 0 Å². The standard InChI is InChI=1S/C19H21N3O3/c1-23-15-5-3-4-14(10-15)11-16-13-22(8-9-25-16)18-6-7-21-19(24-2)17(18)12-20/h3-7,10,16H,8-9,11,13H2,1-2H3/t16-/m0/s1. The second-order valence-electron chi connectivity index (χ2n) is 5.82. The van der Waals surface area contributed by atoms with E-state index in [0.717, 1.165) is 24.4 Å². The maximum absolute atomic E-state index is 9.48. The average molecular weight is 339 g/mol. The molecule has 25 heavy (non-hydrogen) atoms. The van der Waals surface area contributed by atoms with Gasteiger partial charge in [0.25, 0.3) is 0 Å². The first-order chi connectivity index (χ1) is 12.2. The smallest absolute Gasteiger partial charge is 0.233 e. The first-order valence-corrected chi connectivity index (χ1v) is 8.17. The Bertz CT molecular complexity index is 773. The van der Waals surface area contributed by atoms with E-state index in [4.69, 9.17) is 14.2 Å². The summed E-state index contributed by atoms with van der Waals surface area (Å²) in [7, 11) is 3.19. The van der Waals surface area contributed by atoms with Crippen molar-refractivity contribution < 1.29 is 14.2 Å². The second-order valence-corrected chi connectivity index (χ2v) is 5.82. The number of methoxy groups -OCH3 is 2. The van der Waals surface area contributed by atoms with Gasteiger partial charge < -0.3 is 19.1 Å². The molecule has 0 unspecified atom stereocenters. The molecule has 1 atom stereocenters. The van der Waals surface area contributed by atoms with Crippen LogP contribution < -0.4 is 14.4 Å². The van der Waals surface area contributed by atoms with Crippen LogP contribution in [0.5, 0.6) is 11.6 Å². The first-order valence-electron chi connectivity index (χ1n) is 8.17. The predicted molar refractivity (Wildman–Crippen MR) is 94.2 cm³/mol. The SMILES string of the molecule is COc1cccc(C[C@H]2CN(c3ccnc(OC)c3C#N)CCO2)c1. The third kappa shape index (κ3) is 3.83. The lowest BCUT2D eigenvalue weighted by Crippen LogP contribution is -2.43. The Kier molecular flexibility index (Phi) is 5.36. The molecule has 3 rings (SSSR count). The third-order valence-electron chi connectivity index (χ3n) is 4.28. The molecule has 1 fully saturated rings. The molecule has 0 radical (unpaired) electrons. The van der Waals surface area contributed by atoms with Gasteiger partial charge in [0.1, 0.15) is 17.4 Å². The Morgan fingerprint density at radius 3 is 2.96 bits per heavy atom. The highest BCUT2D eigenvalue weighted by molar-refractivity contribution is 5.63. The summed E-state index contributed by atoms with van der Waals surface area (Å²) < 4.78 is 16.4. The second kappa shape index (κ2) is 7.86. The van der Waals surface area contributed by atoms with Crippen LogP contribution in [0.15, 0.2) is 36.5 Å². The van der Waals surface area contributed by atoms with Crippen molar-refractivity contribution in [3.05, 3.63) is 47.7 Å². The fourth-order valence-corrected chi connectivity index (χ4v) is 3.08. The van der Waals surface area contributed by atoms with Crippen molar-refractivity contribution >= 4 is 5.69 Å². The highest BCUT2D eigenvalue weighted by Crippen LogP contribution is 2.28. The van der Waals surface area contributed by atoms with Gasteiger partial charge in [-0.05, 0) is 23.8 Å². The molecule has 2 heterocycles. The van der Waals surface area contributed by atoms with Gasteiger partial charge in [0.05, 0.1) is 32.6 Å². The number of hydrogen-bond donors (Lipinski definition) is 0. The zero-order valence-corrected chi connectivity index (χ0v) is 14.4. The van der Waals surface area contributed by atoms with Gasteiger partial charge in [0.2, 0.25) is 5.88 Å². The number of nitriles is 1. The lowest BCUT2D eigenvalue weighted by atomic mass is 10.1. The number of anilines is 1. The van der Waals surface area contributed by atoms with Crippen LogP contribution in [0, 0.1) is 11.3 Å². The van der Waals surface area contributed by atoms with Gasteiger partial charge in [-0.2, -0.15) is 5.26 Å². The predicted octanol–water partition coefficient (Wildman–Crippen LogP) is 2.42. The van der Waals surface area contributed by atoms with Crippen LogP contribution in [0.2, 0.25) is 0 Å². The van der Waals surface area contributed by atoms with Gasteiger partial charge in [-0.1, -0.05) is 12.1 Å². The topological polar surface area (TPSA) is 67.6 Å². The summed E-state index contributed by atoms with van der Waals surface area (Å²) in [5.74, 6) is 1.20. The maximum atomic E-state index is 9.48. The molecule has 0 spiro atoms. The van der Waals surface area contributed by atoms with Gasteiger partial charge in [0, 0.05) is 25.7 Å². The molecule has 6 nitrogen and oxygen atoms in total. The Balaban J connectivity index is 1.76. The fraction of sp³-hybridized carbons (Fsp3) is 0.368. The number of rotatable bonds is 5. The van der Waals surface area contributed by atoms with Crippen molar-refractivity contribution in [1.29, 1.82) is 5.26 Å². The summed E-state index contributed by atoms with van der Waals surface area (Å²) in [4.78, 5) is 6.28. The summed E-state index contributed by atoms with van der Waals surface area (Å²) in [6, 6.07) is 12.1. The van der Waals surface area contributed by atoms with Crippen molar-refractivity contribution in [3.63, 3.8) is 0 Å². The van der Waals surface area contributed by atoms with Crippen LogP contribution in [0.3, 0.4) is 0 Å². The van der Waals surface area contributed by atoms with Gasteiger partial charge in [-0.15, -0.1) is 0 Å². The fourth-order valence-electron chi connectivity index (χ4n) is 3.08. The molecule has 1 saturated heterocycles. The summed E-state index contributed by atoms with van der Waals surface area (Å²) >= 11 is 0. The minimum atomic E-state index is 0.0477. The minimum Gasteiger partial charge on any atom is -0.497 e. The van der Waals surface area contributed by atoms with Gasteiger partial charge in [-0.3, -0.25) is 0 Å². The van der Waals surface area contributed by atoms with E-state index in [1.165, 1.54) is 12.7 Å². The van der Waals surface area contributed by atoms with Crippen molar-refractivity contribution in [2.24, 2.45) is 0 Å². The molecule has 1 aliphatic heterocycles. The molecule has 1 aromatic carbocycles. The number of morpholine rings is 1. The highest BCUT2D eigenvalue weighted by Gasteiger charge is 2.24. The molecular formula is C19H21N3O3. The number of aromatic nitrogens is 1. The molecule has 1 aromatic heterocycles. The van der Waals surface area contributed by atoms with E-state index in [1.54, 1.807) is 13.3 Å². The molecule has 0 amide bonds. The first kappa shape index (κ1) is 17.1. The molecule has 0 bridgehead atoms. The average Bonchev–Trinajstić information content (AvgIpc) is 2.67. The molecule has 6 heteroatoms. The zero-order chi connectivity index (χ0) is 17.6. The lowest BCUT2D eigenvalue weighted by Gasteiger charge is -2.35. The van der Waals surface area contributed by atoms with Crippen molar-refractivity contribution in [3.8, 4) is 17.7 Å². The highest BCUT2D eigenvalue weighted by atomic mass is 16.5. The van der Waals surface area contributed by atoms with Gasteiger partial charge in [-0.25, -0.2) is 4.98 Å². The van der Waals surface area contributed by atoms with Crippen molar-refractivity contribution in [2.75, 3.05) is 38.8 Å². The van der Waals surface area contributed by atoms with Gasteiger partial charge >= 0.3 is 0 Å². The Morgan fingerprint density at radius 1 is 1.32 bits per heavy atom. The Hall–Kier alpha value is -2.78. The summed E-state index contributed by atoms with van der Waals surface area (Å²) in [6.07, 6.45) is 2.51. The molecule has 0 aliphatic carbocycles. The normalized spacial score (nSPS) is 17.0. The number of hydrogen-bond acceptors (Lipinski definition) is 6. The summed E-state index contributed by atoms with van der Waals surface area (Å²) in [5.41, 5.74) is 2.47. The summed E-state index contributed by atoms with van der Waals surface area (Å²) in [5, 5.41) is 9.48.